The SMILES string of the molecule is N[C@H](CNS(=O)(=O)c1cc(F)ccc1Cl)c1ccccc1. The molecule has 0 aliphatic rings. The molecule has 3 N–H and O–H groups in total. The highest BCUT2D eigenvalue weighted by molar-refractivity contribution is 7.89. The van der Waals surface area contributed by atoms with E-state index in [0.717, 1.165) is 17.7 Å². The highest BCUT2D eigenvalue weighted by Crippen LogP contribution is 2.22. The Bertz CT molecular complexity index is 723. The number of hydrogen-bond donors (Lipinski definition) is 2. The summed E-state index contributed by atoms with van der Waals surface area (Å²) < 4.78 is 39.7. The molecule has 0 aliphatic heterocycles. The van der Waals surface area contributed by atoms with Crippen molar-refractivity contribution in [2.45, 2.75) is 10.9 Å². The highest BCUT2D eigenvalue weighted by atomic mass is 35.5. The fourth-order valence-corrected chi connectivity index (χ4v) is 3.35. The molecule has 112 valence electrons. The molecule has 0 saturated heterocycles. The smallest absolute Gasteiger partial charge is 0.242 e. The Hall–Kier alpha value is -1.47. The lowest BCUT2D eigenvalue weighted by Crippen LogP contribution is -2.32. The molecule has 7 heteroatoms. The second-order valence-electron chi connectivity index (χ2n) is 4.44. The van der Waals surface area contributed by atoms with E-state index in [0.29, 0.717) is 0 Å². The van der Waals surface area contributed by atoms with E-state index >= 15 is 0 Å². The fraction of sp³-hybridized carbons (Fsp3) is 0.143. The summed E-state index contributed by atoms with van der Waals surface area (Å²) in [7, 11) is -3.92. The van der Waals surface area contributed by atoms with Crippen LogP contribution in [0, 0.1) is 5.82 Å². The van der Waals surface area contributed by atoms with Crippen molar-refractivity contribution in [1.29, 1.82) is 0 Å². The van der Waals surface area contributed by atoms with Gasteiger partial charge in [-0.1, -0.05) is 41.9 Å². The molecule has 0 amide bonds. The molecular formula is C14H14ClFN2O2S. The Morgan fingerprint density at radius 2 is 1.86 bits per heavy atom. The Kier molecular flexibility index (Phi) is 4.95. The van der Waals surface area contributed by atoms with Gasteiger partial charge in [0.25, 0.3) is 0 Å². The standard InChI is InChI=1S/C14H14ClFN2O2S/c15-12-7-6-11(16)8-14(12)21(19,20)18-9-13(17)10-4-2-1-3-5-10/h1-8,13,18H,9,17H2/t13-/m1/s1. The van der Waals surface area contributed by atoms with Crippen molar-refractivity contribution in [3.63, 3.8) is 0 Å². The average Bonchev–Trinajstić information content (AvgIpc) is 2.48. The maximum atomic E-state index is 13.2. The molecule has 21 heavy (non-hydrogen) atoms. The molecule has 0 aromatic heterocycles. The summed E-state index contributed by atoms with van der Waals surface area (Å²) in [4.78, 5) is -0.301. The molecule has 0 bridgehead atoms. The molecule has 0 saturated carbocycles. The summed E-state index contributed by atoms with van der Waals surface area (Å²) in [6, 6.07) is 11.7. The normalized spacial score (nSPS) is 13.1. The van der Waals surface area contributed by atoms with Crippen molar-refractivity contribution in [2.24, 2.45) is 5.73 Å². The van der Waals surface area contributed by atoms with E-state index in [1.54, 1.807) is 12.1 Å². The largest absolute Gasteiger partial charge is 0.323 e. The molecule has 0 unspecified atom stereocenters. The van der Waals surface area contributed by atoms with Gasteiger partial charge >= 0.3 is 0 Å². The molecule has 2 aromatic carbocycles. The third kappa shape index (κ3) is 4.01. The van der Waals surface area contributed by atoms with Crippen molar-refractivity contribution in [1.82, 2.24) is 4.72 Å². The summed E-state index contributed by atoms with van der Waals surface area (Å²) in [5, 5.41) is -0.0443. The second kappa shape index (κ2) is 6.53. The number of halogens is 2. The molecule has 0 spiro atoms. The third-order valence-electron chi connectivity index (χ3n) is 2.90. The zero-order valence-electron chi connectivity index (χ0n) is 11.0. The molecule has 4 nitrogen and oxygen atoms in total. The zero-order chi connectivity index (χ0) is 15.5. The molecule has 0 aliphatic carbocycles. The van der Waals surface area contributed by atoms with Crippen molar-refractivity contribution in [3.05, 3.63) is 64.9 Å². The van der Waals surface area contributed by atoms with Gasteiger partial charge in [-0.15, -0.1) is 0 Å². The van der Waals surface area contributed by atoms with Gasteiger partial charge in [-0.25, -0.2) is 17.5 Å². The maximum Gasteiger partial charge on any atom is 0.242 e. The summed E-state index contributed by atoms with van der Waals surface area (Å²) in [5.41, 5.74) is 6.71. The Morgan fingerprint density at radius 1 is 1.19 bits per heavy atom. The van der Waals surface area contributed by atoms with Crippen LogP contribution in [0.4, 0.5) is 4.39 Å². The summed E-state index contributed by atoms with van der Waals surface area (Å²) >= 11 is 5.80. The van der Waals surface area contributed by atoms with Gasteiger partial charge < -0.3 is 5.73 Å². The zero-order valence-corrected chi connectivity index (χ0v) is 12.5. The number of nitrogens with two attached hydrogens (primary N) is 1. The van der Waals surface area contributed by atoms with Crippen LogP contribution in [0.15, 0.2) is 53.4 Å². The molecule has 1 atom stereocenters. The van der Waals surface area contributed by atoms with Crippen LogP contribution >= 0.6 is 11.6 Å². The Labute approximate surface area is 127 Å². The monoisotopic (exact) mass is 328 g/mol. The molecule has 2 rings (SSSR count). The van der Waals surface area contributed by atoms with Crippen molar-refractivity contribution in [2.75, 3.05) is 6.54 Å². The van der Waals surface area contributed by atoms with E-state index in [4.69, 9.17) is 17.3 Å². The number of nitrogens with one attached hydrogen (secondary N) is 1. The lowest BCUT2D eigenvalue weighted by Gasteiger charge is -2.14. The van der Waals surface area contributed by atoms with Crippen LogP contribution in [0.5, 0.6) is 0 Å². The van der Waals surface area contributed by atoms with Crippen LogP contribution < -0.4 is 10.5 Å². The third-order valence-corrected chi connectivity index (χ3v) is 4.81. The van der Waals surface area contributed by atoms with Crippen LogP contribution in [0.2, 0.25) is 5.02 Å². The first-order chi connectivity index (χ1) is 9.90. The van der Waals surface area contributed by atoms with E-state index in [1.165, 1.54) is 6.07 Å². The first-order valence-corrected chi connectivity index (χ1v) is 8.01. The number of rotatable bonds is 5. The Morgan fingerprint density at radius 3 is 2.52 bits per heavy atom. The quantitative estimate of drug-likeness (QED) is 0.885. The minimum absolute atomic E-state index is 0.0147. The predicted molar refractivity (Wildman–Crippen MR) is 80.0 cm³/mol. The van der Waals surface area contributed by atoms with Crippen molar-refractivity contribution >= 4 is 21.6 Å². The summed E-state index contributed by atoms with van der Waals surface area (Å²) in [6.45, 7) is -0.0147. The first kappa shape index (κ1) is 15.9. The highest BCUT2D eigenvalue weighted by Gasteiger charge is 2.19. The van der Waals surface area contributed by atoms with Crippen LogP contribution in [0.1, 0.15) is 11.6 Å². The lowest BCUT2D eigenvalue weighted by molar-refractivity contribution is 0.569. The van der Waals surface area contributed by atoms with E-state index in [9.17, 15) is 12.8 Å². The molecular weight excluding hydrogens is 315 g/mol. The molecule has 0 radical (unpaired) electrons. The minimum atomic E-state index is -3.92. The van der Waals surface area contributed by atoms with E-state index < -0.39 is 21.9 Å². The number of hydrogen-bond acceptors (Lipinski definition) is 3. The van der Waals surface area contributed by atoms with Crippen LogP contribution in [0.25, 0.3) is 0 Å². The average molecular weight is 329 g/mol. The first-order valence-electron chi connectivity index (χ1n) is 6.15. The number of sulfonamides is 1. The minimum Gasteiger partial charge on any atom is -0.323 e. The molecule has 0 fully saturated rings. The van der Waals surface area contributed by atoms with Gasteiger partial charge in [0.2, 0.25) is 10.0 Å². The van der Waals surface area contributed by atoms with Gasteiger partial charge in [-0.2, -0.15) is 0 Å². The van der Waals surface area contributed by atoms with Crippen LogP contribution in [-0.2, 0) is 10.0 Å². The molecule has 0 heterocycles. The van der Waals surface area contributed by atoms with Gasteiger partial charge in [0.1, 0.15) is 10.7 Å². The molecule has 2 aromatic rings. The second-order valence-corrected chi connectivity index (χ2v) is 6.59. The van der Waals surface area contributed by atoms with Crippen LogP contribution in [-0.4, -0.2) is 15.0 Å². The topological polar surface area (TPSA) is 72.2 Å². The number of benzene rings is 2. The van der Waals surface area contributed by atoms with Crippen molar-refractivity contribution < 1.29 is 12.8 Å². The van der Waals surface area contributed by atoms with Gasteiger partial charge in [0.05, 0.1) is 5.02 Å². The van der Waals surface area contributed by atoms with E-state index in [1.807, 2.05) is 18.2 Å². The lowest BCUT2D eigenvalue weighted by atomic mass is 10.1. The predicted octanol–water partition coefficient (Wildman–Crippen LogP) is 2.46. The maximum absolute atomic E-state index is 13.2. The van der Waals surface area contributed by atoms with Crippen LogP contribution in [0.3, 0.4) is 0 Å². The van der Waals surface area contributed by atoms with E-state index in [2.05, 4.69) is 4.72 Å². The van der Waals surface area contributed by atoms with Gasteiger partial charge in [-0.05, 0) is 23.8 Å². The van der Waals surface area contributed by atoms with Gasteiger partial charge in [0, 0.05) is 12.6 Å². The summed E-state index contributed by atoms with van der Waals surface area (Å²) in [5.74, 6) is -0.674. The van der Waals surface area contributed by atoms with Gasteiger partial charge in [0.15, 0.2) is 0 Å². The van der Waals surface area contributed by atoms with Gasteiger partial charge in [-0.3, -0.25) is 0 Å². The van der Waals surface area contributed by atoms with Crippen molar-refractivity contribution in [3.8, 4) is 0 Å². The van der Waals surface area contributed by atoms with E-state index in [-0.39, 0.29) is 16.5 Å². The fourth-order valence-electron chi connectivity index (χ4n) is 1.78. The summed E-state index contributed by atoms with van der Waals surface area (Å²) in [6.07, 6.45) is 0. The Balaban J connectivity index is 2.13.